The highest BCUT2D eigenvalue weighted by atomic mass is 16.4. The summed E-state index contributed by atoms with van der Waals surface area (Å²) in [6.07, 6.45) is 5.17. The molecule has 2 rings (SSSR count). The zero-order chi connectivity index (χ0) is 14.7. The maximum atomic E-state index is 12.7. The van der Waals surface area contributed by atoms with Crippen LogP contribution in [-0.2, 0) is 4.79 Å². The number of carboxylic acids is 1. The molecular weight excluding hydrogens is 256 g/mol. The number of aliphatic carboxylic acids is 1. The molecule has 2 amide bonds. The quantitative estimate of drug-likeness (QED) is 0.861. The Morgan fingerprint density at radius 2 is 1.90 bits per heavy atom. The van der Waals surface area contributed by atoms with Gasteiger partial charge in [0, 0.05) is 25.7 Å². The van der Waals surface area contributed by atoms with Crippen molar-refractivity contribution >= 4 is 12.0 Å². The maximum absolute atomic E-state index is 12.7. The molecule has 20 heavy (non-hydrogen) atoms. The Balaban J connectivity index is 2.01. The minimum Gasteiger partial charge on any atom is -0.481 e. The fourth-order valence-electron chi connectivity index (χ4n) is 3.31. The number of likely N-dealkylation sites (tertiary alicyclic amines) is 1. The third kappa shape index (κ3) is 3.44. The third-order valence-corrected chi connectivity index (χ3v) is 4.38. The number of rotatable bonds is 4. The molecule has 1 saturated heterocycles. The monoisotopic (exact) mass is 282 g/mol. The molecule has 0 bridgehead atoms. The summed E-state index contributed by atoms with van der Waals surface area (Å²) in [6, 6.07) is 0.406. The summed E-state index contributed by atoms with van der Waals surface area (Å²) in [6.45, 7) is 5.98. The van der Waals surface area contributed by atoms with Gasteiger partial charge in [-0.1, -0.05) is 26.7 Å². The van der Waals surface area contributed by atoms with Gasteiger partial charge in [-0.3, -0.25) is 4.79 Å². The zero-order valence-electron chi connectivity index (χ0n) is 12.5. The molecule has 0 radical (unpaired) electrons. The number of carboxylic acid groups (broad SMARTS) is 1. The Morgan fingerprint density at radius 1 is 1.25 bits per heavy atom. The number of hydrogen-bond donors (Lipinski definition) is 1. The first-order chi connectivity index (χ1) is 9.49. The fraction of sp³-hybridized carbons (Fsp3) is 0.867. The van der Waals surface area contributed by atoms with Crippen LogP contribution >= 0.6 is 0 Å². The van der Waals surface area contributed by atoms with Gasteiger partial charge in [-0.15, -0.1) is 0 Å². The maximum Gasteiger partial charge on any atom is 0.320 e. The predicted molar refractivity (Wildman–Crippen MR) is 76.5 cm³/mol. The lowest BCUT2D eigenvalue weighted by Gasteiger charge is -2.34. The molecule has 5 nitrogen and oxygen atoms in total. The number of amides is 2. The Morgan fingerprint density at radius 3 is 2.40 bits per heavy atom. The van der Waals surface area contributed by atoms with E-state index < -0.39 is 5.97 Å². The molecule has 0 aromatic rings. The predicted octanol–water partition coefficient (Wildman–Crippen LogP) is 2.41. The van der Waals surface area contributed by atoms with Gasteiger partial charge >= 0.3 is 12.0 Å². The summed E-state index contributed by atoms with van der Waals surface area (Å²) in [5.74, 6) is -0.725. The SMILES string of the molecule is CC(C)CN(C(=O)N1CCC(C(=O)O)C1)C1CCCC1. The third-order valence-electron chi connectivity index (χ3n) is 4.38. The van der Waals surface area contributed by atoms with E-state index >= 15 is 0 Å². The van der Waals surface area contributed by atoms with Crippen LogP contribution in [0.15, 0.2) is 0 Å². The lowest BCUT2D eigenvalue weighted by Crippen LogP contribution is -2.48. The van der Waals surface area contributed by atoms with Crippen molar-refractivity contribution in [3.63, 3.8) is 0 Å². The van der Waals surface area contributed by atoms with E-state index in [2.05, 4.69) is 13.8 Å². The number of carbonyl (C=O) groups is 2. The van der Waals surface area contributed by atoms with E-state index in [1.54, 1.807) is 4.90 Å². The molecule has 1 aliphatic heterocycles. The normalized spacial score (nSPS) is 23.6. The highest BCUT2D eigenvalue weighted by Crippen LogP contribution is 2.27. The molecule has 1 unspecified atom stereocenters. The molecule has 1 heterocycles. The molecule has 0 spiro atoms. The average Bonchev–Trinajstić information content (AvgIpc) is 3.05. The molecule has 1 N–H and O–H groups in total. The molecule has 2 aliphatic rings. The van der Waals surface area contributed by atoms with Crippen molar-refractivity contribution in [1.29, 1.82) is 0 Å². The second-order valence-electron chi connectivity index (χ2n) is 6.54. The summed E-state index contributed by atoms with van der Waals surface area (Å²) in [7, 11) is 0. The first-order valence-electron chi connectivity index (χ1n) is 7.77. The van der Waals surface area contributed by atoms with Crippen LogP contribution in [0.2, 0.25) is 0 Å². The summed E-state index contributed by atoms with van der Waals surface area (Å²) in [5.41, 5.74) is 0. The van der Waals surface area contributed by atoms with Crippen LogP contribution < -0.4 is 0 Å². The molecule has 1 saturated carbocycles. The van der Waals surface area contributed by atoms with E-state index in [1.807, 2.05) is 4.90 Å². The van der Waals surface area contributed by atoms with Crippen LogP contribution in [-0.4, -0.2) is 52.6 Å². The second-order valence-corrected chi connectivity index (χ2v) is 6.54. The lowest BCUT2D eigenvalue weighted by molar-refractivity contribution is -0.141. The summed E-state index contributed by atoms with van der Waals surface area (Å²) in [5, 5.41) is 9.06. The van der Waals surface area contributed by atoms with Crippen LogP contribution in [0.5, 0.6) is 0 Å². The van der Waals surface area contributed by atoms with Crippen molar-refractivity contribution in [3.05, 3.63) is 0 Å². The molecule has 114 valence electrons. The molecule has 5 heteroatoms. The second kappa shape index (κ2) is 6.46. The van der Waals surface area contributed by atoms with Crippen molar-refractivity contribution in [2.75, 3.05) is 19.6 Å². The number of nitrogens with zero attached hydrogens (tertiary/aromatic N) is 2. The first-order valence-corrected chi connectivity index (χ1v) is 7.77. The van der Waals surface area contributed by atoms with E-state index in [-0.39, 0.29) is 11.9 Å². The minimum absolute atomic E-state index is 0.0503. The Bertz CT molecular complexity index is 364. The Kier molecular flexibility index (Phi) is 4.89. The number of urea groups is 1. The molecule has 1 atom stereocenters. The van der Waals surface area contributed by atoms with Crippen molar-refractivity contribution in [2.24, 2.45) is 11.8 Å². The molecule has 2 fully saturated rings. The van der Waals surface area contributed by atoms with Crippen LogP contribution in [0.4, 0.5) is 4.79 Å². The smallest absolute Gasteiger partial charge is 0.320 e. The van der Waals surface area contributed by atoms with Crippen LogP contribution in [0.3, 0.4) is 0 Å². The highest BCUT2D eigenvalue weighted by molar-refractivity contribution is 5.77. The van der Waals surface area contributed by atoms with Gasteiger partial charge in [-0.05, 0) is 25.2 Å². The zero-order valence-corrected chi connectivity index (χ0v) is 12.5. The Labute approximate surface area is 120 Å². The fourth-order valence-corrected chi connectivity index (χ4v) is 3.31. The van der Waals surface area contributed by atoms with Gasteiger partial charge in [0.1, 0.15) is 0 Å². The summed E-state index contributed by atoms with van der Waals surface area (Å²) < 4.78 is 0. The van der Waals surface area contributed by atoms with Crippen molar-refractivity contribution in [2.45, 2.75) is 52.0 Å². The first kappa shape index (κ1) is 15.1. The number of carbonyl (C=O) groups excluding carboxylic acids is 1. The van der Waals surface area contributed by atoms with E-state index in [1.165, 1.54) is 12.8 Å². The minimum atomic E-state index is -0.781. The van der Waals surface area contributed by atoms with Gasteiger partial charge < -0.3 is 14.9 Å². The standard InChI is InChI=1S/C15H26N2O3/c1-11(2)9-17(13-5-3-4-6-13)15(20)16-8-7-12(10-16)14(18)19/h11-13H,3-10H2,1-2H3,(H,18,19). The lowest BCUT2D eigenvalue weighted by atomic mass is 10.1. The van der Waals surface area contributed by atoms with Gasteiger partial charge in [0.2, 0.25) is 0 Å². The highest BCUT2D eigenvalue weighted by Gasteiger charge is 2.35. The van der Waals surface area contributed by atoms with E-state index in [0.29, 0.717) is 31.5 Å². The molecule has 1 aliphatic carbocycles. The molecule has 0 aromatic carbocycles. The van der Waals surface area contributed by atoms with Crippen LogP contribution in [0.1, 0.15) is 46.0 Å². The summed E-state index contributed by atoms with van der Waals surface area (Å²) in [4.78, 5) is 27.5. The van der Waals surface area contributed by atoms with E-state index in [9.17, 15) is 9.59 Å². The van der Waals surface area contributed by atoms with Gasteiger partial charge in [-0.25, -0.2) is 4.79 Å². The van der Waals surface area contributed by atoms with Gasteiger partial charge in [0.15, 0.2) is 0 Å². The largest absolute Gasteiger partial charge is 0.481 e. The van der Waals surface area contributed by atoms with Crippen LogP contribution in [0.25, 0.3) is 0 Å². The summed E-state index contributed by atoms with van der Waals surface area (Å²) >= 11 is 0. The number of hydrogen-bond acceptors (Lipinski definition) is 2. The molecule has 0 aromatic heterocycles. The van der Waals surface area contributed by atoms with Gasteiger partial charge in [0.25, 0.3) is 0 Å². The average molecular weight is 282 g/mol. The van der Waals surface area contributed by atoms with E-state index in [0.717, 1.165) is 19.4 Å². The van der Waals surface area contributed by atoms with E-state index in [4.69, 9.17) is 5.11 Å². The Hall–Kier alpha value is -1.26. The molecular formula is C15H26N2O3. The topological polar surface area (TPSA) is 60.9 Å². The van der Waals surface area contributed by atoms with Crippen molar-refractivity contribution < 1.29 is 14.7 Å². The van der Waals surface area contributed by atoms with Gasteiger partial charge in [-0.2, -0.15) is 0 Å². The van der Waals surface area contributed by atoms with Gasteiger partial charge in [0.05, 0.1) is 5.92 Å². The van der Waals surface area contributed by atoms with Crippen molar-refractivity contribution in [3.8, 4) is 0 Å². The van der Waals surface area contributed by atoms with Crippen LogP contribution in [0, 0.1) is 11.8 Å². The van der Waals surface area contributed by atoms with Crippen molar-refractivity contribution in [1.82, 2.24) is 9.80 Å².